The first kappa shape index (κ1) is 17.1. The highest BCUT2D eigenvalue weighted by atomic mass is 16.5. The molecule has 2 aliphatic heterocycles. The summed E-state index contributed by atoms with van der Waals surface area (Å²) in [6.45, 7) is 1.65. The normalized spacial score (nSPS) is 18.2. The van der Waals surface area contributed by atoms with Crippen molar-refractivity contribution in [2.45, 2.75) is 50.5 Å². The van der Waals surface area contributed by atoms with Crippen LogP contribution in [0.4, 0.5) is 0 Å². The number of nitrogens with zero attached hydrogens (tertiary/aromatic N) is 1. The maximum Gasteiger partial charge on any atom is 0.222 e. The van der Waals surface area contributed by atoms with Crippen LogP contribution < -0.4 is 4.74 Å². The van der Waals surface area contributed by atoms with Gasteiger partial charge in [-0.15, -0.1) is 0 Å². The minimum atomic E-state index is -0.0603. The number of fused-ring (bicyclic) bond motifs is 1. The molecule has 0 atom stereocenters. The molecule has 2 heterocycles. The first-order valence-electron chi connectivity index (χ1n) is 9.83. The topological polar surface area (TPSA) is 29.5 Å². The molecule has 1 saturated heterocycles. The smallest absolute Gasteiger partial charge is 0.222 e. The zero-order valence-electron chi connectivity index (χ0n) is 15.3. The summed E-state index contributed by atoms with van der Waals surface area (Å²) in [4.78, 5) is 14.6. The second-order valence-corrected chi connectivity index (χ2v) is 7.61. The lowest BCUT2D eigenvalue weighted by Gasteiger charge is -2.44. The molecule has 2 aliphatic rings. The monoisotopic (exact) mass is 349 g/mol. The standard InChI is InChI=1S/C23H27NO2/c25-22(12-6-9-19-7-2-1-3-8-19)24-17-15-23(16-18-24)14-13-20-10-4-5-11-21(20)26-23/h1-5,7-8,10-11H,6,9,12-18H2. The molecule has 0 N–H and O–H groups in total. The lowest BCUT2D eigenvalue weighted by molar-refractivity contribution is -0.135. The van der Waals surface area contributed by atoms with E-state index in [0.717, 1.165) is 57.4 Å². The van der Waals surface area contributed by atoms with Crippen molar-refractivity contribution >= 4 is 5.91 Å². The third-order valence-electron chi connectivity index (χ3n) is 5.88. The fourth-order valence-corrected chi connectivity index (χ4v) is 4.22. The maximum atomic E-state index is 12.5. The van der Waals surface area contributed by atoms with Crippen molar-refractivity contribution in [3.8, 4) is 5.75 Å². The lowest BCUT2D eigenvalue weighted by Crippen LogP contribution is -2.51. The molecule has 0 radical (unpaired) electrons. The quantitative estimate of drug-likeness (QED) is 0.819. The highest BCUT2D eigenvalue weighted by Gasteiger charge is 2.40. The fraction of sp³-hybridized carbons (Fsp3) is 0.435. The Balaban J connectivity index is 1.26. The molecule has 3 nitrogen and oxygen atoms in total. The molecule has 1 fully saturated rings. The minimum Gasteiger partial charge on any atom is -0.487 e. The number of ether oxygens (including phenoxy) is 1. The molecule has 26 heavy (non-hydrogen) atoms. The van der Waals surface area contributed by atoms with Crippen LogP contribution in [0.1, 0.15) is 43.2 Å². The van der Waals surface area contributed by atoms with Gasteiger partial charge in [0.15, 0.2) is 0 Å². The van der Waals surface area contributed by atoms with E-state index < -0.39 is 0 Å². The molecule has 2 aromatic rings. The number of para-hydroxylation sites is 1. The van der Waals surface area contributed by atoms with E-state index >= 15 is 0 Å². The maximum absolute atomic E-state index is 12.5. The number of rotatable bonds is 4. The van der Waals surface area contributed by atoms with E-state index in [1.807, 2.05) is 17.0 Å². The molecule has 4 rings (SSSR count). The summed E-state index contributed by atoms with van der Waals surface area (Å²) in [5.74, 6) is 1.34. The molecule has 0 aliphatic carbocycles. The van der Waals surface area contributed by atoms with E-state index in [9.17, 15) is 4.79 Å². The second kappa shape index (κ2) is 7.53. The Morgan fingerprint density at radius 2 is 1.69 bits per heavy atom. The van der Waals surface area contributed by atoms with Gasteiger partial charge in [0.2, 0.25) is 5.91 Å². The van der Waals surface area contributed by atoms with Crippen LogP contribution in [0.25, 0.3) is 0 Å². The second-order valence-electron chi connectivity index (χ2n) is 7.61. The van der Waals surface area contributed by atoms with Crippen LogP contribution in [0.5, 0.6) is 5.75 Å². The Labute approximate surface area is 156 Å². The Bertz CT molecular complexity index is 748. The Morgan fingerprint density at radius 3 is 2.50 bits per heavy atom. The first-order chi connectivity index (χ1) is 12.7. The number of likely N-dealkylation sites (tertiary alicyclic amines) is 1. The summed E-state index contributed by atoms with van der Waals surface area (Å²) in [6, 6.07) is 18.8. The van der Waals surface area contributed by atoms with Gasteiger partial charge < -0.3 is 9.64 Å². The number of amides is 1. The molecular formula is C23H27NO2. The third-order valence-corrected chi connectivity index (χ3v) is 5.88. The zero-order valence-corrected chi connectivity index (χ0v) is 15.3. The number of carbonyl (C=O) groups is 1. The number of carbonyl (C=O) groups excluding carboxylic acids is 1. The van der Waals surface area contributed by atoms with E-state index in [1.165, 1.54) is 11.1 Å². The Kier molecular flexibility index (Phi) is 4.96. The molecule has 1 amide bonds. The van der Waals surface area contributed by atoms with Crippen molar-refractivity contribution in [3.05, 3.63) is 65.7 Å². The molecule has 2 aromatic carbocycles. The molecule has 0 bridgehead atoms. The number of hydrogen-bond donors (Lipinski definition) is 0. The summed E-state index contributed by atoms with van der Waals surface area (Å²) in [5.41, 5.74) is 2.57. The third kappa shape index (κ3) is 3.77. The van der Waals surface area contributed by atoms with E-state index in [0.29, 0.717) is 12.3 Å². The SMILES string of the molecule is O=C(CCCc1ccccc1)N1CCC2(CCc3ccccc3O2)CC1. The van der Waals surface area contributed by atoms with Crippen LogP contribution >= 0.6 is 0 Å². The van der Waals surface area contributed by atoms with Gasteiger partial charge in [0.05, 0.1) is 0 Å². The highest BCUT2D eigenvalue weighted by Crippen LogP contribution is 2.39. The minimum absolute atomic E-state index is 0.0603. The number of benzene rings is 2. The lowest BCUT2D eigenvalue weighted by atomic mass is 9.83. The number of piperidine rings is 1. The summed E-state index contributed by atoms with van der Waals surface area (Å²) < 4.78 is 6.39. The van der Waals surface area contributed by atoms with Crippen molar-refractivity contribution in [2.75, 3.05) is 13.1 Å². The number of aryl methyl sites for hydroxylation is 2. The van der Waals surface area contributed by atoms with Crippen molar-refractivity contribution in [1.29, 1.82) is 0 Å². The van der Waals surface area contributed by atoms with Crippen molar-refractivity contribution in [2.24, 2.45) is 0 Å². The van der Waals surface area contributed by atoms with Gasteiger partial charge in [-0.1, -0.05) is 48.5 Å². The molecule has 0 unspecified atom stereocenters. The van der Waals surface area contributed by atoms with Crippen LogP contribution in [0, 0.1) is 0 Å². The largest absolute Gasteiger partial charge is 0.487 e. The summed E-state index contributed by atoms with van der Waals surface area (Å²) >= 11 is 0. The molecule has 136 valence electrons. The van der Waals surface area contributed by atoms with Gasteiger partial charge in [-0.05, 0) is 42.9 Å². The predicted octanol–water partition coefficient (Wildman–Crippen LogP) is 4.40. The molecule has 0 aromatic heterocycles. The molecule has 0 saturated carbocycles. The van der Waals surface area contributed by atoms with Crippen LogP contribution in [0.15, 0.2) is 54.6 Å². The van der Waals surface area contributed by atoms with E-state index in [-0.39, 0.29) is 5.60 Å². The van der Waals surface area contributed by atoms with Gasteiger partial charge in [-0.2, -0.15) is 0 Å². The van der Waals surface area contributed by atoms with Crippen molar-refractivity contribution in [1.82, 2.24) is 4.90 Å². The molecular weight excluding hydrogens is 322 g/mol. The van der Waals surface area contributed by atoms with Gasteiger partial charge in [0.1, 0.15) is 11.4 Å². The predicted molar refractivity (Wildman–Crippen MR) is 103 cm³/mol. The summed E-state index contributed by atoms with van der Waals surface area (Å²) in [6.07, 6.45) is 6.60. The van der Waals surface area contributed by atoms with Gasteiger partial charge >= 0.3 is 0 Å². The Hall–Kier alpha value is -2.29. The molecule has 1 spiro atoms. The fourth-order valence-electron chi connectivity index (χ4n) is 4.22. The van der Waals surface area contributed by atoms with Gasteiger partial charge in [0.25, 0.3) is 0 Å². The van der Waals surface area contributed by atoms with Crippen LogP contribution in [-0.2, 0) is 17.6 Å². The van der Waals surface area contributed by atoms with Crippen molar-refractivity contribution in [3.63, 3.8) is 0 Å². The average Bonchev–Trinajstić information content (AvgIpc) is 2.69. The van der Waals surface area contributed by atoms with E-state index in [2.05, 4.69) is 42.5 Å². The van der Waals surface area contributed by atoms with Crippen LogP contribution in [-0.4, -0.2) is 29.5 Å². The first-order valence-corrected chi connectivity index (χ1v) is 9.83. The van der Waals surface area contributed by atoms with Gasteiger partial charge in [-0.3, -0.25) is 4.79 Å². The van der Waals surface area contributed by atoms with E-state index in [4.69, 9.17) is 4.74 Å². The summed E-state index contributed by atoms with van der Waals surface area (Å²) in [7, 11) is 0. The van der Waals surface area contributed by atoms with Gasteiger partial charge in [-0.25, -0.2) is 0 Å². The van der Waals surface area contributed by atoms with Crippen LogP contribution in [0.3, 0.4) is 0 Å². The average molecular weight is 349 g/mol. The number of hydrogen-bond acceptors (Lipinski definition) is 2. The summed E-state index contributed by atoms with van der Waals surface area (Å²) in [5, 5.41) is 0. The molecule has 3 heteroatoms. The zero-order chi connectivity index (χ0) is 17.8. The van der Waals surface area contributed by atoms with Crippen LogP contribution in [0.2, 0.25) is 0 Å². The van der Waals surface area contributed by atoms with E-state index in [1.54, 1.807) is 0 Å². The van der Waals surface area contributed by atoms with Gasteiger partial charge in [0, 0.05) is 32.4 Å². The van der Waals surface area contributed by atoms with Crippen molar-refractivity contribution < 1.29 is 9.53 Å². The Morgan fingerprint density at radius 1 is 0.962 bits per heavy atom. The highest BCUT2D eigenvalue weighted by molar-refractivity contribution is 5.76.